The van der Waals surface area contributed by atoms with Crippen LogP contribution in [0.3, 0.4) is 0 Å². The number of rotatable bonds is 9. The molecule has 0 aliphatic carbocycles. The van der Waals surface area contributed by atoms with Crippen molar-refractivity contribution in [1.29, 1.82) is 0 Å². The Morgan fingerprint density at radius 2 is 2.03 bits per heavy atom. The summed E-state index contributed by atoms with van der Waals surface area (Å²) in [6.45, 7) is 1.11. The Balaban J connectivity index is 1.80. The molecule has 0 fully saturated rings. The molecule has 0 saturated heterocycles. The third kappa shape index (κ3) is 5.88. The van der Waals surface area contributed by atoms with Gasteiger partial charge in [-0.2, -0.15) is 12.6 Å². The molecule has 2 aromatic carbocycles. The number of hydrazine groups is 1. The second-order valence-electron chi connectivity index (χ2n) is 7.57. The number of halogens is 2. The molecular formula is C22H26Cl2N4O3S. The second-order valence-corrected chi connectivity index (χ2v) is 8.83. The van der Waals surface area contributed by atoms with Crippen LogP contribution in [0.15, 0.2) is 36.4 Å². The molecule has 0 aromatic heterocycles. The summed E-state index contributed by atoms with van der Waals surface area (Å²) in [4.78, 5) is 25.1. The molecule has 32 heavy (non-hydrogen) atoms. The first-order chi connectivity index (χ1) is 15.3. The van der Waals surface area contributed by atoms with Crippen LogP contribution >= 0.6 is 35.8 Å². The van der Waals surface area contributed by atoms with Gasteiger partial charge in [0.05, 0.1) is 28.3 Å². The Bertz CT molecular complexity index is 992. The SMILES string of the molecule is NC(=O)[C@H](Cc1ccc(Cl)c(Cl)c1)NC(=O)c1cccc2c1OCC[C@@H]2N(N)CCCS. The van der Waals surface area contributed by atoms with Crippen molar-refractivity contribution >= 4 is 47.6 Å². The summed E-state index contributed by atoms with van der Waals surface area (Å²) in [7, 11) is 0. The normalized spacial score (nSPS) is 16.2. The van der Waals surface area contributed by atoms with E-state index in [2.05, 4.69) is 17.9 Å². The van der Waals surface area contributed by atoms with Crippen molar-refractivity contribution in [2.75, 3.05) is 18.9 Å². The van der Waals surface area contributed by atoms with Gasteiger partial charge in [0, 0.05) is 24.9 Å². The fourth-order valence-corrected chi connectivity index (χ4v) is 4.16. The largest absolute Gasteiger partial charge is 0.492 e. The van der Waals surface area contributed by atoms with Gasteiger partial charge >= 0.3 is 0 Å². The molecule has 1 aliphatic heterocycles. The number of fused-ring (bicyclic) bond motifs is 1. The Kier molecular flexibility index (Phi) is 8.67. The molecule has 7 nitrogen and oxygen atoms in total. The van der Waals surface area contributed by atoms with Crippen molar-refractivity contribution in [1.82, 2.24) is 10.3 Å². The maximum Gasteiger partial charge on any atom is 0.255 e. The van der Waals surface area contributed by atoms with Crippen LogP contribution in [0, 0.1) is 0 Å². The van der Waals surface area contributed by atoms with E-state index >= 15 is 0 Å². The molecule has 0 bridgehead atoms. The monoisotopic (exact) mass is 496 g/mol. The number of benzene rings is 2. The first kappa shape index (κ1) is 24.7. The smallest absolute Gasteiger partial charge is 0.255 e. The molecule has 0 spiro atoms. The summed E-state index contributed by atoms with van der Waals surface area (Å²) in [5.41, 5.74) is 7.44. The quantitative estimate of drug-likeness (QED) is 0.242. The second kappa shape index (κ2) is 11.2. The lowest BCUT2D eigenvalue weighted by atomic mass is 9.96. The Labute approximate surface area is 202 Å². The van der Waals surface area contributed by atoms with Gasteiger partial charge in [0.15, 0.2) is 0 Å². The van der Waals surface area contributed by atoms with Gasteiger partial charge in [-0.15, -0.1) is 0 Å². The summed E-state index contributed by atoms with van der Waals surface area (Å²) in [6, 6.07) is 9.33. The van der Waals surface area contributed by atoms with Crippen LogP contribution in [-0.4, -0.2) is 41.8 Å². The highest BCUT2D eigenvalue weighted by atomic mass is 35.5. The number of hydrogen-bond acceptors (Lipinski definition) is 6. The van der Waals surface area contributed by atoms with Crippen molar-refractivity contribution in [2.24, 2.45) is 11.6 Å². The number of carbonyl (C=O) groups excluding carboxylic acids is 2. The average molecular weight is 497 g/mol. The number of carbonyl (C=O) groups is 2. The van der Waals surface area contributed by atoms with Crippen molar-refractivity contribution in [2.45, 2.75) is 31.3 Å². The number of hydrogen-bond donors (Lipinski definition) is 4. The van der Waals surface area contributed by atoms with Crippen molar-refractivity contribution < 1.29 is 14.3 Å². The van der Waals surface area contributed by atoms with Crippen molar-refractivity contribution in [3.05, 3.63) is 63.1 Å². The minimum absolute atomic E-state index is 0.0745. The molecule has 2 amide bonds. The molecule has 0 radical (unpaired) electrons. The van der Waals surface area contributed by atoms with E-state index in [0.29, 0.717) is 40.9 Å². The molecular weight excluding hydrogens is 471 g/mol. The average Bonchev–Trinajstić information content (AvgIpc) is 2.78. The van der Waals surface area contributed by atoms with Crippen molar-refractivity contribution in [3.63, 3.8) is 0 Å². The standard InChI is InChI=1S/C22H26Cl2N4O3S/c23-16-6-5-13(11-17(16)24)12-18(21(25)29)27-22(30)15-4-1-3-14-19(7-9-31-20(14)15)28(26)8-2-10-32/h1,3-6,11,18-19,32H,2,7-10,12,26H2,(H2,25,29)(H,27,30)/t18-,19-/m0/s1. The van der Waals surface area contributed by atoms with E-state index in [1.54, 1.807) is 35.3 Å². The van der Waals surface area contributed by atoms with E-state index < -0.39 is 17.9 Å². The number of thiol groups is 1. The molecule has 0 saturated carbocycles. The number of ether oxygens (including phenoxy) is 1. The highest BCUT2D eigenvalue weighted by Crippen LogP contribution is 2.37. The van der Waals surface area contributed by atoms with Gasteiger partial charge in [-0.1, -0.05) is 41.4 Å². The highest BCUT2D eigenvalue weighted by Gasteiger charge is 2.30. The molecule has 10 heteroatoms. The minimum atomic E-state index is -0.934. The van der Waals surface area contributed by atoms with Crippen LogP contribution in [0.25, 0.3) is 0 Å². The van der Waals surface area contributed by atoms with E-state index in [1.807, 2.05) is 6.07 Å². The number of amides is 2. The lowest BCUT2D eigenvalue weighted by molar-refractivity contribution is -0.119. The maximum atomic E-state index is 13.1. The highest BCUT2D eigenvalue weighted by molar-refractivity contribution is 7.80. The number of primary amides is 1. The van der Waals surface area contributed by atoms with Crippen LogP contribution in [0.1, 0.15) is 40.4 Å². The molecule has 5 N–H and O–H groups in total. The zero-order valence-electron chi connectivity index (χ0n) is 17.4. The number of nitrogens with two attached hydrogens (primary N) is 2. The van der Waals surface area contributed by atoms with Crippen LogP contribution in [-0.2, 0) is 11.2 Å². The van der Waals surface area contributed by atoms with Crippen LogP contribution in [0.5, 0.6) is 5.75 Å². The predicted molar refractivity (Wildman–Crippen MR) is 129 cm³/mol. The van der Waals surface area contributed by atoms with Crippen LogP contribution in [0.2, 0.25) is 10.0 Å². The van der Waals surface area contributed by atoms with Gasteiger partial charge in [0.1, 0.15) is 11.8 Å². The summed E-state index contributed by atoms with van der Waals surface area (Å²) < 4.78 is 5.84. The molecule has 1 aliphatic rings. The predicted octanol–water partition coefficient (Wildman–Crippen LogP) is 3.14. The summed E-state index contributed by atoms with van der Waals surface area (Å²) in [5, 5.41) is 5.24. The number of nitrogens with one attached hydrogen (secondary N) is 1. The first-order valence-corrected chi connectivity index (χ1v) is 11.6. The minimum Gasteiger partial charge on any atom is -0.492 e. The van der Waals surface area contributed by atoms with Crippen molar-refractivity contribution in [3.8, 4) is 5.75 Å². The van der Waals surface area contributed by atoms with Gasteiger partial charge < -0.3 is 15.8 Å². The molecule has 2 aromatic rings. The van der Waals surface area contributed by atoms with E-state index in [1.165, 1.54) is 0 Å². The fourth-order valence-electron chi connectivity index (χ4n) is 3.70. The maximum absolute atomic E-state index is 13.1. The summed E-state index contributed by atoms with van der Waals surface area (Å²) in [6.07, 6.45) is 1.74. The zero-order chi connectivity index (χ0) is 23.3. The van der Waals surface area contributed by atoms with E-state index in [0.717, 1.165) is 23.3 Å². The molecule has 172 valence electrons. The molecule has 3 rings (SSSR count). The van der Waals surface area contributed by atoms with Gasteiger partial charge in [0.2, 0.25) is 5.91 Å². The fraction of sp³-hybridized carbons (Fsp3) is 0.364. The Hall–Kier alpha value is -1.97. The van der Waals surface area contributed by atoms with Gasteiger partial charge in [-0.25, -0.2) is 5.01 Å². The Morgan fingerprint density at radius 1 is 1.25 bits per heavy atom. The third-order valence-corrected chi connectivity index (χ3v) is 6.39. The topological polar surface area (TPSA) is 111 Å². The lowest BCUT2D eigenvalue weighted by Crippen LogP contribution is -2.46. The molecule has 2 atom stereocenters. The number of para-hydroxylation sites is 1. The van der Waals surface area contributed by atoms with E-state index in [4.69, 9.17) is 39.5 Å². The van der Waals surface area contributed by atoms with Gasteiger partial charge in [-0.05, 0) is 35.9 Å². The van der Waals surface area contributed by atoms with Crippen LogP contribution < -0.4 is 21.6 Å². The first-order valence-electron chi connectivity index (χ1n) is 10.2. The third-order valence-electron chi connectivity index (χ3n) is 5.33. The summed E-state index contributed by atoms with van der Waals surface area (Å²) >= 11 is 16.2. The van der Waals surface area contributed by atoms with Gasteiger partial charge in [-0.3, -0.25) is 15.4 Å². The summed E-state index contributed by atoms with van der Waals surface area (Å²) in [5.74, 6) is 6.36. The van der Waals surface area contributed by atoms with E-state index in [-0.39, 0.29) is 12.5 Å². The molecule has 0 unspecified atom stereocenters. The zero-order valence-corrected chi connectivity index (χ0v) is 19.8. The Morgan fingerprint density at radius 3 is 2.72 bits per heavy atom. The lowest BCUT2D eigenvalue weighted by Gasteiger charge is -2.33. The number of nitrogens with zero attached hydrogens (tertiary/aromatic N) is 1. The van der Waals surface area contributed by atoms with Crippen LogP contribution in [0.4, 0.5) is 0 Å². The molecule has 1 heterocycles. The van der Waals surface area contributed by atoms with E-state index in [9.17, 15) is 9.59 Å². The van der Waals surface area contributed by atoms with Gasteiger partial charge in [0.25, 0.3) is 5.91 Å².